The summed E-state index contributed by atoms with van der Waals surface area (Å²) in [5.74, 6) is -0.00406. The predicted octanol–water partition coefficient (Wildman–Crippen LogP) is 1.15. The lowest BCUT2D eigenvalue weighted by atomic mass is 9.88. The van der Waals surface area contributed by atoms with Crippen molar-refractivity contribution in [3.63, 3.8) is 0 Å². The molecule has 6 rings (SSSR count). The predicted molar refractivity (Wildman–Crippen MR) is 127 cm³/mol. The Hall–Kier alpha value is -2.49. The molecule has 9 nitrogen and oxygen atoms in total. The third kappa shape index (κ3) is 4.45. The van der Waals surface area contributed by atoms with Crippen LogP contribution in [0.1, 0.15) is 54.4 Å². The number of nitrogens with one attached hydrogen (secondary N) is 1. The zero-order valence-electron chi connectivity index (χ0n) is 20.1. The quantitative estimate of drug-likeness (QED) is 0.630. The minimum Gasteiger partial charge on any atom is -0.489 e. The van der Waals surface area contributed by atoms with Gasteiger partial charge >= 0.3 is 0 Å². The molecule has 0 spiro atoms. The van der Waals surface area contributed by atoms with Crippen molar-refractivity contribution in [2.24, 2.45) is 0 Å². The van der Waals surface area contributed by atoms with Crippen molar-refractivity contribution in [2.45, 2.75) is 69.3 Å². The molecule has 1 aromatic rings. The van der Waals surface area contributed by atoms with Crippen LogP contribution in [0.3, 0.4) is 0 Å². The molecular formula is C26H34N4O5. The fraction of sp³-hybridized carbons (Fsp3) is 0.654. The summed E-state index contributed by atoms with van der Waals surface area (Å²) in [7, 11) is 0. The Morgan fingerprint density at radius 2 is 1.77 bits per heavy atom. The summed E-state index contributed by atoms with van der Waals surface area (Å²) in [5.41, 5.74) is 1.51. The van der Waals surface area contributed by atoms with Crippen molar-refractivity contribution in [2.75, 3.05) is 39.4 Å². The van der Waals surface area contributed by atoms with E-state index >= 15 is 0 Å². The first-order chi connectivity index (χ1) is 17.1. The maximum atomic E-state index is 13.0. The van der Waals surface area contributed by atoms with Crippen LogP contribution in [0, 0.1) is 0 Å². The highest BCUT2D eigenvalue weighted by molar-refractivity contribution is 6.05. The standard InChI is InChI=1S/C26H34N4O5/c31-24-8-7-22(25(32)27-24)30-14-17-13-19(5-6-20(17)26(30)33)35-23-4-2-1-3-21(23)29-15-18(16-29)28-9-11-34-12-10-28/h5-6,13,18,21-23H,1-4,7-12,14-16H2,(H,27,31,32)/t21-,22?,23+/m0/s1. The van der Waals surface area contributed by atoms with Crippen molar-refractivity contribution in [3.05, 3.63) is 29.3 Å². The minimum atomic E-state index is -0.592. The molecule has 1 N–H and O–H groups in total. The molecule has 4 heterocycles. The lowest BCUT2D eigenvalue weighted by Gasteiger charge is -2.52. The molecule has 1 aromatic carbocycles. The van der Waals surface area contributed by atoms with Gasteiger partial charge in [-0.15, -0.1) is 0 Å². The number of imide groups is 1. The van der Waals surface area contributed by atoms with E-state index in [4.69, 9.17) is 9.47 Å². The van der Waals surface area contributed by atoms with Crippen LogP contribution < -0.4 is 10.1 Å². The number of benzene rings is 1. The van der Waals surface area contributed by atoms with Crippen LogP contribution in [0.4, 0.5) is 0 Å². The molecular weight excluding hydrogens is 448 g/mol. The van der Waals surface area contributed by atoms with Gasteiger partial charge < -0.3 is 14.4 Å². The maximum Gasteiger partial charge on any atom is 0.255 e. The summed E-state index contributed by atoms with van der Waals surface area (Å²) < 4.78 is 12.1. The molecule has 0 aromatic heterocycles. The molecule has 3 saturated heterocycles. The molecule has 4 fully saturated rings. The minimum absolute atomic E-state index is 0.147. The summed E-state index contributed by atoms with van der Waals surface area (Å²) in [5, 5.41) is 2.36. The number of likely N-dealkylation sites (tertiary alicyclic amines) is 1. The monoisotopic (exact) mass is 482 g/mol. The molecule has 188 valence electrons. The number of carbonyl (C=O) groups is 3. The largest absolute Gasteiger partial charge is 0.489 e. The molecule has 1 unspecified atom stereocenters. The number of ether oxygens (including phenoxy) is 2. The summed E-state index contributed by atoms with van der Waals surface area (Å²) in [6.45, 7) is 6.33. The van der Waals surface area contributed by atoms with Gasteiger partial charge in [-0.05, 0) is 49.4 Å². The van der Waals surface area contributed by atoms with Crippen molar-refractivity contribution >= 4 is 17.7 Å². The first kappa shape index (κ1) is 22.9. The summed E-state index contributed by atoms with van der Waals surface area (Å²) in [6.07, 6.45) is 5.40. The van der Waals surface area contributed by atoms with E-state index < -0.39 is 6.04 Å². The molecule has 9 heteroatoms. The van der Waals surface area contributed by atoms with Crippen molar-refractivity contribution in [1.82, 2.24) is 20.0 Å². The van der Waals surface area contributed by atoms with Crippen molar-refractivity contribution < 1.29 is 23.9 Å². The number of morpholine rings is 1. The van der Waals surface area contributed by atoms with Crippen LogP contribution in [0.15, 0.2) is 18.2 Å². The maximum absolute atomic E-state index is 13.0. The fourth-order valence-corrected chi connectivity index (χ4v) is 6.36. The van der Waals surface area contributed by atoms with Gasteiger partial charge in [0.2, 0.25) is 11.8 Å². The van der Waals surface area contributed by atoms with E-state index in [1.807, 2.05) is 18.2 Å². The van der Waals surface area contributed by atoms with E-state index in [1.54, 1.807) is 4.90 Å². The van der Waals surface area contributed by atoms with Crippen LogP contribution in [0.2, 0.25) is 0 Å². The molecule has 1 aliphatic carbocycles. The molecule has 35 heavy (non-hydrogen) atoms. The zero-order valence-corrected chi connectivity index (χ0v) is 20.1. The summed E-state index contributed by atoms with van der Waals surface area (Å²) >= 11 is 0. The molecule has 0 bridgehead atoms. The van der Waals surface area contributed by atoms with E-state index in [0.29, 0.717) is 30.6 Å². The van der Waals surface area contributed by atoms with Crippen LogP contribution in [0.25, 0.3) is 0 Å². The SMILES string of the molecule is O=C1CCC(N2Cc3cc(O[C@@H]4CCCC[C@@H]4N4CC(N5CCOCC5)C4)ccc3C2=O)C(=O)N1. The Morgan fingerprint density at radius 1 is 0.971 bits per heavy atom. The van der Waals surface area contributed by atoms with E-state index in [1.165, 1.54) is 12.8 Å². The van der Waals surface area contributed by atoms with Crippen LogP contribution in [-0.2, 0) is 20.9 Å². The van der Waals surface area contributed by atoms with Gasteiger partial charge in [0, 0.05) is 56.8 Å². The van der Waals surface area contributed by atoms with Gasteiger partial charge in [-0.2, -0.15) is 0 Å². The lowest BCUT2D eigenvalue weighted by Crippen LogP contribution is -2.66. The Bertz CT molecular complexity index is 1000. The van der Waals surface area contributed by atoms with E-state index in [0.717, 1.165) is 63.5 Å². The van der Waals surface area contributed by atoms with Crippen LogP contribution in [-0.4, -0.2) is 96.0 Å². The average molecular weight is 483 g/mol. The van der Waals surface area contributed by atoms with E-state index in [9.17, 15) is 14.4 Å². The van der Waals surface area contributed by atoms with Crippen molar-refractivity contribution in [1.29, 1.82) is 0 Å². The number of amides is 3. The molecule has 1 saturated carbocycles. The van der Waals surface area contributed by atoms with Crippen molar-refractivity contribution in [3.8, 4) is 5.75 Å². The second-order valence-electron chi connectivity index (χ2n) is 10.5. The van der Waals surface area contributed by atoms with Crippen LogP contribution >= 0.6 is 0 Å². The van der Waals surface area contributed by atoms with Gasteiger partial charge in [0.15, 0.2) is 0 Å². The average Bonchev–Trinajstić information content (AvgIpc) is 3.15. The van der Waals surface area contributed by atoms with Gasteiger partial charge in [0.25, 0.3) is 5.91 Å². The van der Waals surface area contributed by atoms with Gasteiger partial charge in [0.1, 0.15) is 17.9 Å². The third-order valence-corrected chi connectivity index (χ3v) is 8.37. The van der Waals surface area contributed by atoms with Gasteiger partial charge in [-0.1, -0.05) is 6.42 Å². The highest BCUT2D eigenvalue weighted by Crippen LogP contribution is 2.34. The van der Waals surface area contributed by atoms with Gasteiger partial charge in [0.05, 0.1) is 13.2 Å². The Labute approximate surface area is 205 Å². The zero-order chi connectivity index (χ0) is 23.9. The Balaban J connectivity index is 1.10. The first-order valence-electron chi connectivity index (χ1n) is 13.1. The number of hydrogen-bond donors (Lipinski definition) is 1. The van der Waals surface area contributed by atoms with E-state index in [2.05, 4.69) is 15.1 Å². The number of carbonyl (C=O) groups excluding carboxylic acids is 3. The normalized spacial score (nSPS) is 30.7. The van der Waals surface area contributed by atoms with Gasteiger partial charge in [-0.25, -0.2) is 0 Å². The Kier molecular flexibility index (Phi) is 6.24. The molecule has 4 aliphatic heterocycles. The van der Waals surface area contributed by atoms with Gasteiger partial charge in [-0.3, -0.25) is 29.5 Å². The lowest BCUT2D eigenvalue weighted by molar-refractivity contribution is -0.136. The number of fused-ring (bicyclic) bond motifs is 1. The highest BCUT2D eigenvalue weighted by atomic mass is 16.5. The van der Waals surface area contributed by atoms with E-state index in [-0.39, 0.29) is 30.2 Å². The Morgan fingerprint density at radius 3 is 2.57 bits per heavy atom. The number of piperidine rings is 1. The summed E-state index contributed by atoms with van der Waals surface area (Å²) in [4.78, 5) is 43.5. The smallest absolute Gasteiger partial charge is 0.255 e. The molecule has 3 atom stereocenters. The number of nitrogens with zero attached hydrogens (tertiary/aromatic N) is 3. The highest BCUT2D eigenvalue weighted by Gasteiger charge is 2.42. The number of rotatable bonds is 5. The first-order valence-corrected chi connectivity index (χ1v) is 13.1. The topological polar surface area (TPSA) is 91.4 Å². The molecule has 0 radical (unpaired) electrons. The summed E-state index contributed by atoms with van der Waals surface area (Å²) in [6, 6.07) is 6.15. The second-order valence-corrected chi connectivity index (χ2v) is 10.5. The van der Waals surface area contributed by atoms with Crippen LogP contribution in [0.5, 0.6) is 5.75 Å². The second kappa shape index (κ2) is 9.52. The third-order valence-electron chi connectivity index (χ3n) is 8.37. The number of hydrogen-bond acceptors (Lipinski definition) is 7. The fourth-order valence-electron chi connectivity index (χ4n) is 6.36. The molecule has 5 aliphatic rings. The molecule has 3 amide bonds.